The molecule has 0 radical (unpaired) electrons. The summed E-state index contributed by atoms with van der Waals surface area (Å²) in [6.07, 6.45) is -5.51. The van der Waals surface area contributed by atoms with Crippen LogP contribution in [0.5, 0.6) is 11.5 Å². The molecule has 0 saturated carbocycles. The summed E-state index contributed by atoms with van der Waals surface area (Å²) in [7, 11) is 0. The SMILES string of the molecule is CCCCCc1ccc(-c2ccc(-c3ccc(-c4ccc(C(F)(F)Oc5cc(F)c(OC(F)(F)F)c(F)c5)c(F)c4)cc3)c(F)c2)cc1. The van der Waals surface area contributed by atoms with Crippen LogP contribution in [0.2, 0.25) is 0 Å². The number of unbranched alkanes of at least 4 members (excludes halogenated alkanes) is 2. The van der Waals surface area contributed by atoms with Gasteiger partial charge in [0.05, 0.1) is 5.56 Å². The number of rotatable bonds is 11. The van der Waals surface area contributed by atoms with Crippen LogP contribution in [-0.4, -0.2) is 6.36 Å². The van der Waals surface area contributed by atoms with E-state index < -0.39 is 52.8 Å². The molecule has 250 valence electrons. The van der Waals surface area contributed by atoms with E-state index in [1.165, 1.54) is 11.6 Å². The van der Waals surface area contributed by atoms with Crippen molar-refractivity contribution in [2.24, 2.45) is 0 Å². The molecule has 11 heteroatoms. The topological polar surface area (TPSA) is 18.5 Å². The second-order valence-corrected chi connectivity index (χ2v) is 11.0. The summed E-state index contributed by atoms with van der Waals surface area (Å²) >= 11 is 0. The van der Waals surface area contributed by atoms with E-state index in [2.05, 4.69) is 16.4 Å². The molecule has 0 spiro atoms. The van der Waals surface area contributed by atoms with E-state index >= 15 is 4.39 Å². The molecule has 0 N–H and O–H groups in total. The smallest absolute Gasteiger partial charge is 0.429 e. The van der Waals surface area contributed by atoms with E-state index in [1.807, 2.05) is 30.3 Å². The highest BCUT2D eigenvalue weighted by Gasteiger charge is 2.39. The highest BCUT2D eigenvalue weighted by molar-refractivity contribution is 5.74. The third kappa shape index (κ3) is 8.13. The summed E-state index contributed by atoms with van der Waals surface area (Å²) in [6.45, 7) is 2.15. The van der Waals surface area contributed by atoms with E-state index in [9.17, 15) is 35.1 Å². The number of hydrogen-bond donors (Lipinski definition) is 0. The lowest BCUT2D eigenvalue weighted by atomic mass is 9.96. The van der Waals surface area contributed by atoms with Crippen molar-refractivity contribution in [3.8, 4) is 44.9 Å². The number of benzene rings is 5. The van der Waals surface area contributed by atoms with Crippen molar-refractivity contribution in [2.45, 2.75) is 45.1 Å². The zero-order valence-electron chi connectivity index (χ0n) is 25.3. The van der Waals surface area contributed by atoms with Crippen molar-refractivity contribution < 1.29 is 49.0 Å². The second kappa shape index (κ2) is 14.0. The Bertz CT molecular complexity index is 1860. The van der Waals surface area contributed by atoms with Crippen molar-refractivity contribution in [3.63, 3.8) is 0 Å². The van der Waals surface area contributed by atoms with Gasteiger partial charge in [-0.3, -0.25) is 0 Å². The first-order valence-electron chi connectivity index (χ1n) is 14.9. The molecule has 5 rings (SSSR count). The van der Waals surface area contributed by atoms with Crippen LogP contribution in [0, 0.1) is 23.3 Å². The molecule has 0 aromatic heterocycles. The van der Waals surface area contributed by atoms with Crippen molar-refractivity contribution in [3.05, 3.63) is 131 Å². The Labute approximate surface area is 270 Å². The molecule has 0 amide bonds. The third-order valence-corrected chi connectivity index (χ3v) is 7.57. The Hall–Kier alpha value is -4.93. The Morgan fingerprint density at radius 2 is 1.04 bits per heavy atom. The first kappa shape index (κ1) is 34.4. The minimum Gasteiger partial charge on any atom is -0.429 e. The van der Waals surface area contributed by atoms with Crippen LogP contribution in [-0.2, 0) is 12.5 Å². The van der Waals surface area contributed by atoms with Gasteiger partial charge in [-0.1, -0.05) is 86.5 Å². The summed E-state index contributed by atoms with van der Waals surface area (Å²) in [5.41, 5.74) is 2.96. The van der Waals surface area contributed by atoms with Gasteiger partial charge in [0.15, 0.2) is 11.6 Å². The maximum absolute atomic E-state index is 15.2. The number of alkyl halides is 5. The summed E-state index contributed by atoms with van der Waals surface area (Å²) in [5, 5.41) is 0. The Balaban J connectivity index is 1.29. The number of hydrogen-bond acceptors (Lipinski definition) is 2. The lowest BCUT2D eigenvalue weighted by Crippen LogP contribution is -2.24. The average Bonchev–Trinajstić information content (AvgIpc) is 3.02. The van der Waals surface area contributed by atoms with Crippen LogP contribution in [0.25, 0.3) is 33.4 Å². The van der Waals surface area contributed by atoms with Crippen molar-refractivity contribution in [1.29, 1.82) is 0 Å². The van der Waals surface area contributed by atoms with Crippen LogP contribution < -0.4 is 9.47 Å². The fraction of sp³-hybridized carbons (Fsp3) is 0.189. The van der Waals surface area contributed by atoms with Gasteiger partial charge in [-0.25, -0.2) is 17.6 Å². The van der Waals surface area contributed by atoms with E-state index in [1.54, 1.807) is 30.3 Å². The quantitative estimate of drug-likeness (QED) is 0.103. The van der Waals surface area contributed by atoms with Gasteiger partial charge in [-0.2, -0.15) is 8.78 Å². The molecule has 0 atom stereocenters. The molecular formula is C37H27F9O2. The van der Waals surface area contributed by atoms with Gasteiger partial charge in [0.1, 0.15) is 17.4 Å². The highest BCUT2D eigenvalue weighted by Crippen LogP contribution is 2.38. The molecule has 5 aromatic rings. The molecule has 48 heavy (non-hydrogen) atoms. The van der Waals surface area contributed by atoms with Gasteiger partial charge < -0.3 is 9.47 Å². The van der Waals surface area contributed by atoms with Crippen LogP contribution >= 0.6 is 0 Å². The largest absolute Gasteiger partial charge is 0.573 e. The average molecular weight is 675 g/mol. The number of ether oxygens (including phenoxy) is 2. The lowest BCUT2D eigenvalue weighted by molar-refractivity contribution is -0.276. The minimum atomic E-state index is -5.44. The summed E-state index contributed by atoms with van der Waals surface area (Å²) < 4.78 is 132. The van der Waals surface area contributed by atoms with Crippen molar-refractivity contribution in [2.75, 3.05) is 0 Å². The minimum absolute atomic E-state index is 0.0504. The molecule has 0 bridgehead atoms. The van der Waals surface area contributed by atoms with Crippen LogP contribution in [0.4, 0.5) is 39.5 Å². The fourth-order valence-electron chi connectivity index (χ4n) is 5.16. The molecule has 0 heterocycles. The monoisotopic (exact) mass is 674 g/mol. The first-order valence-corrected chi connectivity index (χ1v) is 14.9. The van der Waals surface area contributed by atoms with Gasteiger partial charge in [0.2, 0.25) is 5.75 Å². The number of halogens is 9. The van der Waals surface area contributed by atoms with Gasteiger partial charge >= 0.3 is 12.5 Å². The van der Waals surface area contributed by atoms with E-state index in [0.717, 1.165) is 43.4 Å². The zero-order valence-corrected chi connectivity index (χ0v) is 25.3. The van der Waals surface area contributed by atoms with Gasteiger partial charge in [0, 0.05) is 17.7 Å². The summed E-state index contributed by atoms with van der Waals surface area (Å²) in [4.78, 5) is 0. The lowest BCUT2D eigenvalue weighted by Gasteiger charge is -2.20. The van der Waals surface area contributed by atoms with E-state index in [-0.39, 0.29) is 17.7 Å². The first-order chi connectivity index (χ1) is 22.7. The molecule has 0 fully saturated rings. The Kier molecular flexibility index (Phi) is 10.1. The van der Waals surface area contributed by atoms with Crippen LogP contribution in [0.15, 0.2) is 97.1 Å². The van der Waals surface area contributed by atoms with Crippen molar-refractivity contribution in [1.82, 2.24) is 0 Å². The third-order valence-electron chi connectivity index (χ3n) is 7.57. The molecule has 0 aliphatic carbocycles. The van der Waals surface area contributed by atoms with Crippen LogP contribution in [0.1, 0.15) is 37.3 Å². The van der Waals surface area contributed by atoms with E-state index in [4.69, 9.17) is 0 Å². The highest BCUT2D eigenvalue weighted by atomic mass is 19.4. The normalized spacial score (nSPS) is 11.9. The Morgan fingerprint density at radius 1 is 0.521 bits per heavy atom. The van der Waals surface area contributed by atoms with Gasteiger partial charge in [0.25, 0.3) is 0 Å². The molecule has 0 aliphatic rings. The van der Waals surface area contributed by atoms with Crippen LogP contribution in [0.3, 0.4) is 0 Å². The molecule has 0 saturated heterocycles. The van der Waals surface area contributed by atoms with Gasteiger partial charge in [-0.05, 0) is 64.4 Å². The van der Waals surface area contributed by atoms with Crippen molar-refractivity contribution >= 4 is 0 Å². The van der Waals surface area contributed by atoms with E-state index in [0.29, 0.717) is 28.3 Å². The predicted octanol–water partition coefficient (Wildman–Crippen LogP) is 12.0. The standard InChI is InChI=1S/C37H27F9O2/c1-2-3-4-5-22-6-8-23(9-7-22)26-14-16-29(31(38)18-26)25-12-10-24(11-13-25)27-15-17-30(32(39)19-27)36(42,43)47-28-20-33(40)35(34(41)21-28)48-37(44,45)46/h6-21H,2-5H2,1H3. The molecular weight excluding hydrogens is 647 g/mol. The summed E-state index contributed by atoms with van der Waals surface area (Å²) in [6, 6.07) is 21.9. The van der Waals surface area contributed by atoms with Gasteiger partial charge in [-0.15, -0.1) is 13.2 Å². The maximum Gasteiger partial charge on any atom is 0.573 e. The second-order valence-electron chi connectivity index (χ2n) is 11.0. The molecule has 2 nitrogen and oxygen atoms in total. The fourth-order valence-corrected chi connectivity index (χ4v) is 5.16. The predicted molar refractivity (Wildman–Crippen MR) is 163 cm³/mol. The molecule has 0 unspecified atom stereocenters. The maximum atomic E-state index is 15.2. The molecule has 5 aromatic carbocycles. The number of aryl methyl sites for hydroxylation is 1. The molecule has 0 aliphatic heterocycles. The summed E-state index contributed by atoms with van der Waals surface area (Å²) in [5.74, 6) is -8.88. The Morgan fingerprint density at radius 3 is 1.58 bits per heavy atom. The zero-order chi connectivity index (χ0) is 34.6.